The summed E-state index contributed by atoms with van der Waals surface area (Å²) in [4.78, 5) is 17.6. The Morgan fingerprint density at radius 2 is 1.76 bits per heavy atom. The summed E-state index contributed by atoms with van der Waals surface area (Å²) in [5, 5.41) is 3.20. The Morgan fingerprint density at radius 3 is 2.57 bits per heavy atom. The lowest BCUT2D eigenvalue weighted by Gasteiger charge is -2.22. The molecule has 5 rings (SSSR count). The Bertz CT molecular complexity index is 1350. The molecule has 1 saturated carbocycles. The van der Waals surface area contributed by atoms with Crippen molar-refractivity contribution in [3.63, 3.8) is 0 Å². The van der Waals surface area contributed by atoms with Crippen molar-refractivity contribution in [2.75, 3.05) is 14.2 Å². The number of ether oxygens (including phenoxy) is 3. The van der Waals surface area contributed by atoms with Crippen LogP contribution in [0.25, 0.3) is 16.8 Å². The van der Waals surface area contributed by atoms with Gasteiger partial charge in [0.2, 0.25) is 0 Å². The molecule has 0 bridgehead atoms. The van der Waals surface area contributed by atoms with E-state index in [1.807, 2.05) is 65.2 Å². The molecule has 1 heterocycles. The summed E-state index contributed by atoms with van der Waals surface area (Å²) in [6, 6.07) is 23.9. The lowest BCUT2D eigenvalue weighted by molar-refractivity contribution is 0.0271. The zero-order chi connectivity index (χ0) is 25.6. The van der Waals surface area contributed by atoms with E-state index >= 15 is 0 Å². The predicted molar refractivity (Wildman–Crippen MR) is 142 cm³/mol. The maximum Gasteiger partial charge on any atom is 0.270 e. The van der Waals surface area contributed by atoms with Gasteiger partial charge in [0.25, 0.3) is 5.91 Å². The highest BCUT2D eigenvalue weighted by Crippen LogP contribution is 2.33. The van der Waals surface area contributed by atoms with Gasteiger partial charge in [0.1, 0.15) is 5.69 Å². The molecule has 0 aliphatic heterocycles. The number of amides is 1. The SMILES string of the molecule is COc1ccc(-c2cccc(-n3cncc3C(=O)N[C@H]3CCC[C@@H]3OCc3ccccc3)c2)cc1OC. The number of hydrogen-bond donors (Lipinski definition) is 1. The van der Waals surface area contributed by atoms with Crippen LogP contribution in [0, 0.1) is 0 Å². The highest BCUT2D eigenvalue weighted by Gasteiger charge is 2.30. The number of benzene rings is 3. The van der Waals surface area contributed by atoms with E-state index in [1.54, 1.807) is 26.7 Å². The van der Waals surface area contributed by atoms with Gasteiger partial charge in [-0.25, -0.2) is 4.98 Å². The van der Waals surface area contributed by atoms with Crippen LogP contribution in [0.1, 0.15) is 35.3 Å². The molecule has 0 spiro atoms. The van der Waals surface area contributed by atoms with Crippen molar-refractivity contribution in [2.45, 2.75) is 38.0 Å². The number of nitrogens with one attached hydrogen (secondary N) is 1. The van der Waals surface area contributed by atoms with Crippen molar-refractivity contribution in [2.24, 2.45) is 0 Å². The largest absolute Gasteiger partial charge is 0.493 e. The number of rotatable bonds is 9. The predicted octanol–water partition coefficient (Wildman–Crippen LogP) is 5.42. The van der Waals surface area contributed by atoms with Gasteiger partial charge in [-0.3, -0.25) is 9.36 Å². The number of aromatic nitrogens is 2. The molecule has 0 saturated heterocycles. The molecular formula is C30H31N3O4. The first kappa shape index (κ1) is 24.6. The topological polar surface area (TPSA) is 74.6 Å². The Balaban J connectivity index is 1.31. The minimum atomic E-state index is -0.158. The monoisotopic (exact) mass is 497 g/mol. The second kappa shape index (κ2) is 11.3. The number of imidazole rings is 1. The summed E-state index contributed by atoms with van der Waals surface area (Å²) in [7, 11) is 3.24. The van der Waals surface area contributed by atoms with Gasteiger partial charge in [0, 0.05) is 5.69 Å². The molecule has 2 atom stereocenters. The third-order valence-corrected chi connectivity index (χ3v) is 6.79. The van der Waals surface area contributed by atoms with Gasteiger partial charge in [-0.05, 0) is 60.2 Å². The first-order valence-electron chi connectivity index (χ1n) is 12.5. The lowest BCUT2D eigenvalue weighted by Crippen LogP contribution is -2.41. The van der Waals surface area contributed by atoms with Crippen LogP contribution in [0.2, 0.25) is 0 Å². The highest BCUT2D eigenvalue weighted by molar-refractivity contribution is 5.93. The van der Waals surface area contributed by atoms with E-state index < -0.39 is 0 Å². The third kappa shape index (κ3) is 5.52. The summed E-state index contributed by atoms with van der Waals surface area (Å²) in [6.45, 7) is 0.540. The Hall–Kier alpha value is -4.10. The lowest BCUT2D eigenvalue weighted by atomic mass is 10.0. The second-order valence-electron chi connectivity index (χ2n) is 9.11. The summed E-state index contributed by atoms with van der Waals surface area (Å²) in [5.41, 5.74) is 4.43. The maximum atomic E-state index is 13.3. The highest BCUT2D eigenvalue weighted by atomic mass is 16.5. The van der Waals surface area contributed by atoms with E-state index in [0.29, 0.717) is 23.8 Å². The molecule has 1 aliphatic carbocycles. The summed E-state index contributed by atoms with van der Waals surface area (Å²) in [6.07, 6.45) is 6.12. The van der Waals surface area contributed by atoms with Crippen LogP contribution in [-0.2, 0) is 11.3 Å². The third-order valence-electron chi connectivity index (χ3n) is 6.79. The molecule has 1 N–H and O–H groups in total. The van der Waals surface area contributed by atoms with Gasteiger partial charge in [-0.2, -0.15) is 0 Å². The minimum Gasteiger partial charge on any atom is -0.493 e. The average molecular weight is 498 g/mol. The van der Waals surface area contributed by atoms with Gasteiger partial charge in [0.15, 0.2) is 11.5 Å². The van der Waals surface area contributed by atoms with Crippen LogP contribution < -0.4 is 14.8 Å². The van der Waals surface area contributed by atoms with Gasteiger partial charge in [-0.15, -0.1) is 0 Å². The summed E-state index contributed by atoms with van der Waals surface area (Å²) < 4.78 is 18.8. The number of carbonyl (C=O) groups is 1. The van der Waals surface area contributed by atoms with Gasteiger partial charge in [-0.1, -0.05) is 48.5 Å². The zero-order valence-corrected chi connectivity index (χ0v) is 21.1. The first-order valence-corrected chi connectivity index (χ1v) is 12.5. The molecule has 37 heavy (non-hydrogen) atoms. The fourth-order valence-corrected chi connectivity index (χ4v) is 4.83. The molecular weight excluding hydrogens is 466 g/mol. The zero-order valence-electron chi connectivity index (χ0n) is 21.1. The molecule has 0 unspecified atom stereocenters. The van der Waals surface area contributed by atoms with Crippen molar-refractivity contribution in [1.82, 2.24) is 14.9 Å². The summed E-state index contributed by atoms with van der Waals surface area (Å²) >= 11 is 0. The Morgan fingerprint density at radius 1 is 0.946 bits per heavy atom. The molecule has 7 nitrogen and oxygen atoms in total. The molecule has 3 aromatic carbocycles. The number of methoxy groups -OCH3 is 2. The molecule has 1 fully saturated rings. The van der Waals surface area contributed by atoms with Crippen LogP contribution in [0.3, 0.4) is 0 Å². The van der Waals surface area contributed by atoms with Crippen molar-refractivity contribution in [1.29, 1.82) is 0 Å². The molecule has 7 heteroatoms. The van der Waals surface area contributed by atoms with E-state index in [2.05, 4.69) is 22.4 Å². The fourth-order valence-electron chi connectivity index (χ4n) is 4.83. The van der Waals surface area contributed by atoms with E-state index in [9.17, 15) is 4.79 Å². The van der Waals surface area contributed by atoms with Gasteiger partial charge >= 0.3 is 0 Å². The fraction of sp³-hybridized carbons (Fsp3) is 0.267. The maximum absolute atomic E-state index is 13.3. The van der Waals surface area contributed by atoms with E-state index in [-0.39, 0.29) is 18.1 Å². The normalized spacial score (nSPS) is 16.9. The van der Waals surface area contributed by atoms with E-state index in [1.165, 1.54) is 0 Å². The molecule has 1 amide bonds. The van der Waals surface area contributed by atoms with Crippen LogP contribution in [0.5, 0.6) is 11.5 Å². The van der Waals surface area contributed by atoms with Gasteiger partial charge in [0.05, 0.1) is 45.5 Å². The number of nitrogens with zero attached hydrogens (tertiary/aromatic N) is 2. The van der Waals surface area contributed by atoms with Crippen molar-refractivity contribution >= 4 is 5.91 Å². The Kier molecular flexibility index (Phi) is 7.51. The van der Waals surface area contributed by atoms with Crippen molar-refractivity contribution < 1.29 is 19.0 Å². The van der Waals surface area contributed by atoms with Crippen molar-refractivity contribution in [3.05, 3.63) is 96.6 Å². The van der Waals surface area contributed by atoms with Crippen LogP contribution in [0.15, 0.2) is 85.3 Å². The van der Waals surface area contributed by atoms with Crippen molar-refractivity contribution in [3.8, 4) is 28.3 Å². The first-order chi connectivity index (χ1) is 18.2. The summed E-state index contributed by atoms with van der Waals surface area (Å²) in [5.74, 6) is 1.18. The smallest absolute Gasteiger partial charge is 0.270 e. The molecule has 1 aliphatic rings. The van der Waals surface area contributed by atoms with E-state index in [0.717, 1.165) is 41.6 Å². The molecule has 190 valence electrons. The van der Waals surface area contributed by atoms with Crippen LogP contribution in [0.4, 0.5) is 0 Å². The quantitative estimate of drug-likeness (QED) is 0.334. The molecule has 1 aromatic heterocycles. The Labute approximate surface area is 217 Å². The minimum absolute atomic E-state index is 0.00564. The number of hydrogen-bond acceptors (Lipinski definition) is 5. The van der Waals surface area contributed by atoms with E-state index in [4.69, 9.17) is 14.2 Å². The number of carbonyl (C=O) groups excluding carboxylic acids is 1. The average Bonchev–Trinajstić information content (AvgIpc) is 3.62. The van der Waals surface area contributed by atoms with Gasteiger partial charge < -0.3 is 19.5 Å². The van der Waals surface area contributed by atoms with Crippen LogP contribution >= 0.6 is 0 Å². The molecule has 0 radical (unpaired) electrons. The standard InChI is InChI=1S/C30H31N3O4/c1-35-28-15-14-23(17-29(28)36-2)22-10-6-11-24(16-22)33-20-31-18-26(33)30(34)32-25-12-7-13-27(25)37-19-21-8-4-3-5-9-21/h3-6,8-11,14-18,20,25,27H,7,12-13,19H2,1-2H3,(H,32,34)/t25-,27-/m0/s1. The molecule has 4 aromatic rings. The second-order valence-corrected chi connectivity index (χ2v) is 9.11. The van der Waals surface area contributed by atoms with Crippen LogP contribution in [-0.4, -0.2) is 41.8 Å².